The Kier molecular flexibility index (Phi) is 2.04. The van der Waals surface area contributed by atoms with E-state index in [0.717, 1.165) is 5.56 Å². The Morgan fingerprint density at radius 1 is 1.05 bits per heavy atom. The number of rotatable bonds is 1. The zero-order chi connectivity index (χ0) is 13.1. The minimum Gasteiger partial charge on any atom is -0.365 e. The molecule has 2 saturated heterocycles. The number of nitrogens with zero attached hydrogens (tertiary/aromatic N) is 1. The third-order valence-corrected chi connectivity index (χ3v) is 4.17. The van der Waals surface area contributed by atoms with Crippen LogP contribution >= 0.6 is 0 Å². The molecule has 0 radical (unpaired) electrons. The molecule has 0 aromatic heterocycles. The van der Waals surface area contributed by atoms with Crippen molar-refractivity contribution in [2.45, 2.75) is 19.1 Å². The highest BCUT2D eigenvalue weighted by molar-refractivity contribution is 6.23. The van der Waals surface area contributed by atoms with Gasteiger partial charge in [0.05, 0.1) is 29.7 Å². The lowest BCUT2D eigenvalue weighted by Gasteiger charge is -2.17. The Morgan fingerprint density at radius 3 is 2.26 bits per heavy atom. The van der Waals surface area contributed by atoms with E-state index in [1.54, 1.807) is 6.07 Å². The van der Waals surface area contributed by atoms with Gasteiger partial charge in [-0.1, -0.05) is 24.3 Å². The maximum absolute atomic E-state index is 12.5. The van der Waals surface area contributed by atoms with Gasteiger partial charge < -0.3 is 4.74 Å². The molecular weight excluding hydrogens is 242 g/mol. The monoisotopic (exact) mass is 255 g/mol. The summed E-state index contributed by atoms with van der Waals surface area (Å²) in [5.74, 6) is -0.916. The predicted octanol–water partition coefficient (Wildman–Crippen LogP) is 1.44. The summed E-state index contributed by atoms with van der Waals surface area (Å²) in [6.07, 6.45) is 3.36. The van der Waals surface area contributed by atoms with E-state index in [-0.39, 0.29) is 35.9 Å². The highest BCUT2D eigenvalue weighted by Crippen LogP contribution is 2.46. The van der Waals surface area contributed by atoms with Crippen LogP contribution in [-0.2, 0) is 14.3 Å². The lowest BCUT2D eigenvalue weighted by atomic mass is 9.85. The molecule has 4 nitrogen and oxygen atoms in total. The first kappa shape index (κ1) is 10.9. The van der Waals surface area contributed by atoms with Gasteiger partial charge >= 0.3 is 0 Å². The van der Waals surface area contributed by atoms with Crippen LogP contribution < -0.4 is 4.90 Å². The zero-order valence-electron chi connectivity index (χ0n) is 10.4. The Morgan fingerprint density at radius 2 is 1.68 bits per heavy atom. The van der Waals surface area contributed by atoms with Gasteiger partial charge in [0.1, 0.15) is 0 Å². The molecule has 0 saturated carbocycles. The van der Waals surface area contributed by atoms with Crippen molar-refractivity contribution in [3.63, 3.8) is 0 Å². The van der Waals surface area contributed by atoms with Gasteiger partial charge in [-0.05, 0) is 24.6 Å². The van der Waals surface area contributed by atoms with Crippen LogP contribution in [0, 0.1) is 18.8 Å². The second-order valence-electron chi connectivity index (χ2n) is 5.35. The Labute approximate surface area is 110 Å². The SMILES string of the molecule is Cc1cccc(N2C(=O)[C@H]3[C@H](C2=O)[C@H]2C=C[C@H]3O2)c1. The van der Waals surface area contributed by atoms with Gasteiger partial charge in [-0.15, -0.1) is 0 Å². The summed E-state index contributed by atoms with van der Waals surface area (Å²) in [5, 5.41) is 0. The van der Waals surface area contributed by atoms with Crippen molar-refractivity contribution in [1.29, 1.82) is 0 Å². The smallest absolute Gasteiger partial charge is 0.240 e. The molecule has 4 rings (SSSR count). The summed E-state index contributed by atoms with van der Waals surface area (Å²) in [7, 11) is 0. The average Bonchev–Trinajstić information content (AvgIpc) is 3.04. The molecule has 1 aromatic carbocycles. The number of ether oxygens (including phenoxy) is 1. The molecule has 19 heavy (non-hydrogen) atoms. The van der Waals surface area contributed by atoms with E-state index in [2.05, 4.69) is 0 Å². The van der Waals surface area contributed by atoms with Crippen LogP contribution in [0.25, 0.3) is 0 Å². The third-order valence-electron chi connectivity index (χ3n) is 4.17. The summed E-state index contributed by atoms with van der Waals surface area (Å²) in [4.78, 5) is 26.3. The molecule has 3 aliphatic rings. The van der Waals surface area contributed by atoms with Crippen molar-refractivity contribution in [3.05, 3.63) is 42.0 Å². The Bertz CT molecular complexity index is 592. The molecule has 0 N–H and O–H groups in total. The average molecular weight is 255 g/mol. The molecule has 4 heteroatoms. The number of aryl methyl sites for hydroxylation is 1. The molecule has 96 valence electrons. The van der Waals surface area contributed by atoms with Gasteiger partial charge in [0, 0.05) is 0 Å². The molecule has 2 fully saturated rings. The van der Waals surface area contributed by atoms with Crippen molar-refractivity contribution >= 4 is 17.5 Å². The van der Waals surface area contributed by atoms with E-state index in [1.807, 2.05) is 37.3 Å². The van der Waals surface area contributed by atoms with Crippen LogP contribution in [0.15, 0.2) is 36.4 Å². The van der Waals surface area contributed by atoms with E-state index in [0.29, 0.717) is 5.69 Å². The number of benzene rings is 1. The van der Waals surface area contributed by atoms with Crippen molar-refractivity contribution < 1.29 is 14.3 Å². The summed E-state index contributed by atoms with van der Waals surface area (Å²) in [6.45, 7) is 1.95. The fraction of sp³-hybridized carbons (Fsp3) is 0.333. The Hall–Kier alpha value is -1.94. The summed E-state index contributed by atoms with van der Waals surface area (Å²) < 4.78 is 5.61. The van der Waals surface area contributed by atoms with Crippen molar-refractivity contribution in [2.24, 2.45) is 11.8 Å². The van der Waals surface area contributed by atoms with E-state index < -0.39 is 0 Å². The first-order chi connectivity index (χ1) is 9.16. The normalized spacial score (nSPS) is 35.3. The highest BCUT2D eigenvalue weighted by atomic mass is 16.5. The third kappa shape index (κ3) is 1.32. The maximum Gasteiger partial charge on any atom is 0.240 e. The van der Waals surface area contributed by atoms with E-state index in [1.165, 1.54) is 4.90 Å². The van der Waals surface area contributed by atoms with Crippen LogP contribution in [-0.4, -0.2) is 24.0 Å². The van der Waals surface area contributed by atoms with Gasteiger partial charge in [0.15, 0.2) is 0 Å². The van der Waals surface area contributed by atoms with Crippen LogP contribution in [0.3, 0.4) is 0 Å². The molecule has 4 atom stereocenters. The van der Waals surface area contributed by atoms with Crippen molar-refractivity contribution in [3.8, 4) is 0 Å². The standard InChI is InChI=1S/C15H13NO3/c1-8-3-2-4-9(7-8)16-14(17)12-10-5-6-11(19-10)13(12)15(16)18/h2-7,10-13H,1H3/t10-,11-,12-,13-/m1/s1. The van der Waals surface area contributed by atoms with E-state index in [9.17, 15) is 9.59 Å². The molecule has 3 heterocycles. The van der Waals surface area contributed by atoms with E-state index >= 15 is 0 Å². The van der Waals surface area contributed by atoms with Crippen LogP contribution in [0.5, 0.6) is 0 Å². The first-order valence-electron chi connectivity index (χ1n) is 6.45. The van der Waals surface area contributed by atoms with Crippen molar-refractivity contribution in [2.75, 3.05) is 4.90 Å². The lowest BCUT2D eigenvalue weighted by molar-refractivity contribution is -0.124. The predicted molar refractivity (Wildman–Crippen MR) is 68.5 cm³/mol. The van der Waals surface area contributed by atoms with Gasteiger partial charge in [0.25, 0.3) is 0 Å². The quantitative estimate of drug-likeness (QED) is 0.563. The van der Waals surface area contributed by atoms with Gasteiger partial charge in [-0.25, -0.2) is 4.90 Å². The van der Waals surface area contributed by atoms with Crippen LogP contribution in [0.4, 0.5) is 5.69 Å². The number of carbonyl (C=O) groups excluding carboxylic acids is 2. The maximum atomic E-state index is 12.5. The molecule has 0 unspecified atom stereocenters. The number of fused-ring (bicyclic) bond motifs is 5. The second kappa shape index (κ2) is 3.54. The van der Waals surface area contributed by atoms with Crippen molar-refractivity contribution in [1.82, 2.24) is 0 Å². The summed E-state index contributed by atoms with van der Waals surface area (Å²) >= 11 is 0. The molecule has 2 amide bonds. The molecule has 0 aliphatic carbocycles. The zero-order valence-corrected chi connectivity index (χ0v) is 10.4. The summed E-state index contributed by atoms with van der Waals surface area (Å²) in [5.41, 5.74) is 1.70. The van der Waals surface area contributed by atoms with Gasteiger partial charge in [0.2, 0.25) is 11.8 Å². The number of hydrogen-bond acceptors (Lipinski definition) is 3. The van der Waals surface area contributed by atoms with Gasteiger partial charge in [-0.2, -0.15) is 0 Å². The number of hydrogen-bond donors (Lipinski definition) is 0. The number of amides is 2. The number of anilines is 1. The lowest BCUT2D eigenvalue weighted by Crippen LogP contribution is -2.34. The minimum absolute atomic E-state index is 0.127. The fourth-order valence-corrected chi connectivity index (χ4v) is 3.33. The highest BCUT2D eigenvalue weighted by Gasteiger charge is 2.60. The summed E-state index contributed by atoms with van der Waals surface area (Å²) in [6, 6.07) is 7.49. The van der Waals surface area contributed by atoms with E-state index in [4.69, 9.17) is 4.74 Å². The topological polar surface area (TPSA) is 46.6 Å². The largest absolute Gasteiger partial charge is 0.365 e. The molecule has 3 aliphatic heterocycles. The number of imide groups is 1. The fourth-order valence-electron chi connectivity index (χ4n) is 3.33. The molecule has 0 spiro atoms. The molecule has 2 bridgehead atoms. The van der Waals surface area contributed by atoms with Crippen LogP contribution in [0.2, 0.25) is 0 Å². The minimum atomic E-state index is -0.331. The van der Waals surface area contributed by atoms with Gasteiger partial charge in [-0.3, -0.25) is 9.59 Å². The first-order valence-corrected chi connectivity index (χ1v) is 6.45. The van der Waals surface area contributed by atoms with Crippen LogP contribution in [0.1, 0.15) is 5.56 Å². The number of carbonyl (C=O) groups is 2. The second-order valence-corrected chi connectivity index (χ2v) is 5.35. The Balaban J connectivity index is 1.77. The molecular formula is C15H13NO3. The molecule has 1 aromatic rings.